The summed E-state index contributed by atoms with van der Waals surface area (Å²) >= 11 is 0. The second-order valence-corrected chi connectivity index (χ2v) is 5.92. The first kappa shape index (κ1) is 18.9. The average Bonchev–Trinajstić information content (AvgIpc) is 2.89. The minimum absolute atomic E-state index is 0.0000128. The molecule has 0 aromatic carbocycles. The molecule has 0 saturated carbocycles. The molecule has 0 unspecified atom stereocenters. The number of hydrogen-bond donors (Lipinski definition) is 1. The third-order valence-corrected chi connectivity index (χ3v) is 4.31. The van der Waals surface area contributed by atoms with Crippen LogP contribution in [-0.2, 0) is 14.3 Å². The summed E-state index contributed by atoms with van der Waals surface area (Å²) in [6.45, 7) is 11.0. The highest BCUT2D eigenvalue weighted by Crippen LogP contribution is 2.20. The predicted molar refractivity (Wildman–Crippen MR) is 86.6 cm³/mol. The summed E-state index contributed by atoms with van der Waals surface area (Å²) in [6.07, 6.45) is 1.26. The summed E-state index contributed by atoms with van der Waals surface area (Å²) in [4.78, 5) is 28.2. The largest absolute Gasteiger partial charge is 0.383 e. The van der Waals surface area contributed by atoms with E-state index in [1.807, 2.05) is 6.92 Å². The highest BCUT2D eigenvalue weighted by molar-refractivity contribution is 5.89. The Labute approximate surface area is 134 Å². The van der Waals surface area contributed by atoms with Gasteiger partial charge in [0.15, 0.2) is 0 Å². The highest BCUT2D eigenvalue weighted by Gasteiger charge is 2.36. The number of rotatable bonds is 10. The number of nitrogens with one attached hydrogen (secondary N) is 1. The van der Waals surface area contributed by atoms with Gasteiger partial charge in [-0.05, 0) is 33.0 Å². The van der Waals surface area contributed by atoms with Gasteiger partial charge < -0.3 is 19.9 Å². The molecule has 22 heavy (non-hydrogen) atoms. The van der Waals surface area contributed by atoms with Crippen LogP contribution in [-0.4, -0.2) is 74.1 Å². The van der Waals surface area contributed by atoms with Crippen LogP contribution in [0.1, 0.15) is 33.6 Å². The Bertz CT molecular complexity index is 359. The van der Waals surface area contributed by atoms with Gasteiger partial charge in [0.25, 0.3) is 0 Å². The van der Waals surface area contributed by atoms with Crippen LogP contribution in [0.4, 0.5) is 0 Å². The number of carbonyl (C=O) groups is 2. The maximum Gasteiger partial charge on any atom is 0.225 e. The lowest BCUT2D eigenvalue weighted by molar-refractivity contribution is -0.130. The maximum atomic E-state index is 12.2. The molecule has 1 rings (SSSR count). The molecule has 0 aromatic heterocycles. The normalized spacial score (nSPS) is 19.8. The van der Waals surface area contributed by atoms with E-state index < -0.39 is 0 Å². The minimum atomic E-state index is -0.222. The lowest BCUT2D eigenvalue weighted by Crippen LogP contribution is -2.39. The fourth-order valence-electron chi connectivity index (χ4n) is 2.86. The van der Waals surface area contributed by atoms with Crippen LogP contribution in [0.5, 0.6) is 0 Å². The second-order valence-electron chi connectivity index (χ2n) is 5.92. The topological polar surface area (TPSA) is 61.9 Å². The van der Waals surface area contributed by atoms with E-state index in [9.17, 15) is 9.59 Å². The summed E-state index contributed by atoms with van der Waals surface area (Å²) in [5.74, 6) is -0.173. The molecule has 0 radical (unpaired) electrons. The van der Waals surface area contributed by atoms with Gasteiger partial charge in [0.1, 0.15) is 0 Å². The van der Waals surface area contributed by atoms with Gasteiger partial charge in [-0.25, -0.2) is 0 Å². The third kappa shape index (κ3) is 5.57. The summed E-state index contributed by atoms with van der Waals surface area (Å²) in [6, 6.07) is 0.0259. The van der Waals surface area contributed by atoms with Gasteiger partial charge in [-0.1, -0.05) is 13.8 Å². The fourth-order valence-corrected chi connectivity index (χ4v) is 2.86. The molecular formula is C16H31N3O3. The SMILES string of the molecule is CCN(CC)CCCNC(=O)[C@H]1CC(=O)N([C@@H](C)COC)C1. The molecule has 2 amide bonds. The van der Waals surface area contributed by atoms with Crippen molar-refractivity contribution in [3.05, 3.63) is 0 Å². The van der Waals surface area contributed by atoms with Crippen LogP contribution in [0.2, 0.25) is 0 Å². The maximum absolute atomic E-state index is 12.2. The Hall–Kier alpha value is -1.14. The number of nitrogens with zero attached hydrogens (tertiary/aromatic N) is 2. The standard InChI is InChI=1S/C16H31N3O3/c1-5-18(6-2)9-7-8-17-16(21)14-10-15(20)19(11-14)13(3)12-22-4/h13-14H,5-12H2,1-4H3,(H,17,21)/t13-,14-/m0/s1. The van der Waals surface area contributed by atoms with Crippen molar-refractivity contribution in [3.8, 4) is 0 Å². The van der Waals surface area contributed by atoms with Crippen molar-refractivity contribution in [2.24, 2.45) is 5.92 Å². The van der Waals surface area contributed by atoms with Gasteiger partial charge in [0, 0.05) is 26.6 Å². The second kappa shape index (κ2) is 9.79. The highest BCUT2D eigenvalue weighted by atomic mass is 16.5. The van der Waals surface area contributed by atoms with Crippen molar-refractivity contribution in [2.75, 3.05) is 46.4 Å². The zero-order valence-corrected chi connectivity index (χ0v) is 14.4. The van der Waals surface area contributed by atoms with E-state index in [2.05, 4.69) is 24.1 Å². The van der Waals surface area contributed by atoms with E-state index >= 15 is 0 Å². The molecule has 1 saturated heterocycles. The quantitative estimate of drug-likeness (QED) is 0.604. The molecule has 1 heterocycles. The molecule has 0 bridgehead atoms. The smallest absolute Gasteiger partial charge is 0.225 e. The van der Waals surface area contributed by atoms with Crippen LogP contribution in [0, 0.1) is 5.92 Å². The molecule has 6 heteroatoms. The van der Waals surface area contributed by atoms with E-state index in [-0.39, 0.29) is 23.8 Å². The van der Waals surface area contributed by atoms with Crippen molar-refractivity contribution >= 4 is 11.8 Å². The van der Waals surface area contributed by atoms with E-state index in [1.165, 1.54) is 0 Å². The molecule has 0 aromatic rings. The Morgan fingerprint density at radius 1 is 1.45 bits per heavy atom. The van der Waals surface area contributed by atoms with Gasteiger partial charge >= 0.3 is 0 Å². The molecule has 0 aliphatic carbocycles. The molecule has 2 atom stereocenters. The van der Waals surface area contributed by atoms with Gasteiger partial charge in [-0.2, -0.15) is 0 Å². The number of hydrogen-bond acceptors (Lipinski definition) is 4. The Kier molecular flexibility index (Phi) is 8.42. The summed E-state index contributed by atoms with van der Waals surface area (Å²) in [7, 11) is 1.62. The van der Waals surface area contributed by atoms with Crippen LogP contribution >= 0.6 is 0 Å². The van der Waals surface area contributed by atoms with Gasteiger partial charge in [0.05, 0.1) is 18.6 Å². The van der Waals surface area contributed by atoms with Gasteiger partial charge in [0.2, 0.25) is 11.8 Å². The van der Waals surface area contributed by atoms with E-state index in [4.69, 9.17) is 4.74 Å². The van der Waals surface area contributed by atoms with Crippen molar-refractivity contribution < 1.29 is 14.3 Å². The van der Waals surface area contributed by atoms with Crippen molar-refractivity contribution in [1.29, 1.82) is 0 Å². The Balaban J connectivity index is 2.30. The van der Waals surface area contributed by atoms with Crippen molar-refractivity contribution in [3.63, 3.8) is 0 Å². The van der Waals surface area contributed by atoms with E-state index in [0.29, 0.717) is 26.1 Å². The third-order valence-electron chi connectivity index (χ3n) is 4.31. The molecule has 1 aliphatic rings. The first-order valence-electron chi connectivity index (χ1n) is 8.31. The molecule has 128 valence electrons. The van der Waals surface area contributed by atoms with Crippen LogP contribution in [0.15, 0.2) is 0 Å². The van der Waals surface area contributed by atoms with Crippen LogP contribution < -0.4 is 5.32 Å². The lowest BCUT2D eigenvalue weighted by Gasteiger charge is -2.24. The zero-order valence-electron chi connectivity index (χ0n) is 14.4. The molecule has 1 fully saturated rings. The van der Waals surface area contributed by atoms with Crippen molar-refractivity contribution in [1.82, 2.24) is 15.1 Å². The van der Waals surface area contributed by atoms with E-state index in [0.717, 1.165) is 26.1 Å². The monoisotopic (exact) mass is 313 g/mol. The summed E-state index contributed by atoms with van der Waals surface area (Å²) in [5.41, 5.74) is 0. The average molecular weight is 313 g/mol. The zero-order chi connectivity index (χ0) is 16.5. The minimum Gasteiger partial charge on any atom is -0.383 e. The number of ether oxygens (including phenoxy) is 1. The summed E-state index contributed by atoms with van der Waals surface area (Å²) < 4.78 is 5.08. The Morgan fingerprint density at radius 3 is 2.73 bits per heavy atom. The van der Waals surface area contributed by atoms with Gasteiger partial charge in [-0.3, -0.25) is 9.59 Å². The first-order chi connectivity index (χ1) is 10.5. The molecular weight excluding hydrogens is 282 g/mol. The fraction of sp³-hybridized carbons (Fsp3) is 0.875. The van der Waals surface area contributed by atoms with E-state index in [1.54, 1.807) is 12.0 Å². The number of carbonyl (C=O) groups excluding carboxylic acids is 2. The molecule has 6 nitrogen and oxygen atoms in total. The molecule has 0 spiro atoms. The lowest BCUT2D eigenvalue weighted by atomic mass is 10.1. The first-order valence-corrected chi connectivity index (χ1v) is 8.31. The molecule has 1 aliphatic heterocycles. The summed E-state index contributed by atoms with van der Waals surface area (Å²) in [5, 5.41) is 2.96. The predicted octanol–water partition coefficient (Wildman–Crippen LogP) is 0.718. The molecule has 1 N–H and O–H groups in total. The Morgan fingerprint density at radius 2 is 2.14 bits per heavy atom. The number of methoxy groups -OCH3 is 1. The van der Waals surface area contributed by atoms with Crippen molar-refractivity contribution in [2.45, 2.75) is 39.7 Å². The number of likely N-dealkylation sites (tertiary alicyclic amines) is 1. The number of amides is 2. The van der Waals surface area contributed by atoms with Gasteiger partial charge in [-0.15, -0.1) is 0 Å². The van der Waals surface area contributed by atoms with Crippen LogP contribution in [0.25, 0.3) is 0 Å². The van der Waals surface area contributed by atoms with Crippen LogP contribution in [0.3, 0.4) is 0 Å².